The van der Waals surface area contributed by atoms with Gasteiger partial charge in [-0.05, 0) is 15.6 Å². The van der Waals surface area contributed by atoms with Gasteiger partial charge in [0.1, 0.15) is 0 Å². The average molecular weight is 367 g/mol. The summed E-state index contributed by atoms with van der Waals surface area (Å²) in [6.07, 6.45) is 0. The highest BCUT2D eigenvalue weighted by Crippen LogP contribution is 2.11. The van der Waals surface area contributed by atoms with Crippen molar-refractivity contribution in [2.45, 2.75) is 0 Å². The van der Waals surface area contributed by atoms with E-state index in [-0.39, 0.29) is 0 Å². The van der Waals surface area contributed by atoms with Gasteiger partial charge in [-0.3, -0.25) is 0 Å². The lowest BCUT2D eigenvalue weighted by atomic mass is 10.4. The van der Waals surface area contributed by atoms with Crippen molar-refractivity contribution >= 4 is 33.4 Å². The Kier molecular flexibility index (Phi) is 5.96. The van der Waals surface area contributed by atoms with Crippen LogP contribution >= 0.6 is 0 Å². The summed E-state index contributed by atoms with van der Waals surface area (Å²) in [5.74, 6) is 0. The highest BCUT2D eigenvalue weighted by atomic mass is 28.4. The second kappa shape index (κ2) is 8.37. The molecule has 0 spiro atoms. The van der Waals surface area contributed by atoms with E-state index in [1.165, 1.54) is 0 Å². The van der Waals surface area contributed by atoms with E-state index in [4.69, 9.17) is 13.0 Å². The van der Waals surface area contributed by atoms with Crippen molar-refractivity contribution in [3.63, 3.8) is 0 Å². The van der Waals surface area contributed by atoms with E-state index in [2.05, 4.69) is 36.4 Å². The standard InChI is InChI=1S/C20H22O3Si2/c1-21-24(18-12-6-3-7-13-18)23-25(22-2,19-14-8-4-9-15-19)20-16-10-5-11-17-20/h3-17,24H,1-2H3. The van der Waals surface area contributed by atoms with Crippen LogP contribution in [0.15, 0.2) is 91.0 Å². The van der Waals surface area contributed by atoms with Gasteiger partial charge in [0.05, 0.1) is 0 Å². The Hall–Kier alpha value is -2.03. The van der Waals surface area contributed by atoms with Crippen molar-refractivity contribution < 1.29 is 13.0 Å². The van der Waals surface area contributed by atoms with Gasteiger partial charge in [0.2, 0.25) is 0 Å². The number of hydrogen-bond acceptors (Lipinski definition) is 3. The van der Waals surface area contributed by atoms with Crippen LogP contribution in [0.1, 0.15) is 0 Å². The van der Waals surface area contributed by atoms with Crippen LogP contribution in [0.25, 0.3) is 0 Å². The third kappa shape index (κ3) is 3.81. The summed E-state index contributed by atoms with van der Waals surface area (Å²) in [5.41, 5.74) is 0. The molecule has 0 amide bonds. The fourth-order valence-electron chi connectivity index (χ4n) is 2.91. The second-order valence-electron chi connectivity index (χ2n) is 5.65. The molecule has 128 valence electrons. The van der Waals surface area contributed by atoms with Crippen molar-refractivity contribution in [1.29, 1.82) is 0 Å². The molecular formula is C20H22O3Si2. The summed E-state index contributed by atoms with van der Waals surface area (Å²) in [5, 5.41) is 3.26. The van der Waals surface area contributed by atoms with E-state index in [1.54, 1.807) is 14.2 Å². The number of rotatable bonds is 7. The molecule has 3 rings (SSSR count). The van der Waals surface area contributed by atoms with Crippen LogP contribution in [0.4, 0.5) is 0 Å². The van der Waals surface area contributed by atoms with Gasteiger partial charge in [0.15, 0.2) is 0 Å². The van der Waals surface area contributed by atoms with Gasteiger partial charge in [0.25, 0.3) is 0 Å². The smallest absolute Gasteiger partial charge is 0.398 e. The largest absolute Gasteiger partial charge is 0.407 e. The maximum atomic E-state index is 6.73. The summed E-state index contributed by atoms with van der Waals surface area (Å²) in [6, 6.07) is 30.6. The zero-order valence-electron chi connectivity index (χ0n) is 14.5. The molecule has 25 heavy (non-hydrogen) atoms. The Morgan fingerprint density at radius 1 is 0.640 bits per heavy atom. The van der Waals surface area contributed by atoms with Crippen molar-refractivity contribution in [3.05, 3.63) is 91.0 Å². The van der Waals surface area contributed by atoms with E-state index in [1.807, 2.05) is 54.6 Å². The van der Waals surface area contributed by atoms with Gasteiger partial charge in [-0.1, -0.05) is 91.0 Å². The Morgan fingerprint density at radius 3 is 1.48 bits per heavy atom. The van der Waals surface area contributed by atoms with Gasteiger partial charge in [0, 0.05) is 14.2 Å². The minimum Gasteiger partial charge on any atom is -0.407 e. The molecule has 0 aromatic heterocycles. The first kappa shape index (κ1) is 17.8. The lowest BCUT2D eigenvalue weighted by molar-refractivity contribution is 0.283. The Morgan fingerprint density at radius 2 is 1.08 bits per heavy atom. The molecule has 0 saturated carbocycles. The van der Waals surface area contributed by atoms with Crippen molar-refractivity contribution in [2.75, 3.05) is 14.2 Å². The van der Waals surface area contributed by atoms with Crippen LogP contribution < -0.4 is 15.6 Å². The fraction of sp³-hybridized carbons (Fsp3) is 0.100. The molecule has 0 saturated heterocycles. The molecule has 3 nitrogen and oxygen atoms in total. The molecule has 0 aliphatic heterocycles. The van der Waals surface area contributed by atoms with Crippen LogP contribution in [0, 0.1) is 0 Å². The van der Waals surface area contributed by atoms with Crippen molar-refractivity contribution in [3.8, 4) is 0 Å². The van der Waals surface area contributed by atoms with Crippen molar-refractivity contribution in [2.24, 2.45) is 0 Å². The van der Waals surface area contributed by atoms with Crippen LogP contribution in [-0.2, 0) is 13.0 Å². The molecule has 0 bridgehead atoms. The highest BCUT2D eigenvalue weighted by Gasteiger charge is 2.44. The fourth-order valence-corrected chi connectivity index (χ4v) is 9.40. The van der Waals surface area contributed by atoms with Crippen molar-refractivity contribution in [1.82, 2.24) is 0 Å². The monoisotopic (exact) mass is 366 g/mol. The third-order valence-electron chi connectivity index (χ3n) is 4.15. The Bertz CT molecular complexity index is 727. The molecule has 0 fully saturated rings. The number of hydrogen-bond donors (Lipinski definition) is 0. The average Bonchev–Trinajstić information content (AvgIpc) is 2.71. The Balaban J connectivity index is 2.08. The molecular weight excluding hydrogens is 344 g/mol. The molecule has 0 N–H and O–H groups in total. The first-order chi connectivity index (χ1) is 12.3. The lowest BCUT2D eigenvalue weighted by Gasteiger charge is -2.33. The number of benzene rings is 3. The van der Waals surface area contributed by atoms with Gasteiger partial charge in [-0.15, -0.1) is 0 Å². The molecule has 5 heteroatoms. The molecule has 3 aromatic rings. The normalized spacial score (nSPS) is 12.7. The quantitative estimate of drug-likeness (QED) is 0.596. The zero-order chi connectivity index (χ0) is 17.5. The van der Waals surface area contributed by atoms with Gasteiger partial charge in [-0.25, -0.2) is 0 Å². The molecule has 0 radical (unpaired) electrons. The summed E-state index contributed by atoms with van der Waals surface area (Å²) < 4.78 is 18.7. The summed E-state index contributed by atoms with van der Waals surface area (Å²) >= 11 is 0. The molecule has 1 atom stereocenters. The Labute approximate surface area is 151 Å². The molecule has 0 heterocycles. The minimum atomic E-state index is -2.85. The van der Waals surface area contributed by atoms with Gasteiger partial charge >= 0.3 is 17.8 Å². The first-order valence-electron chi connectivity index (χ1n) is 8.22. The van der Waals surface area contributed by atoms with Crippen LogP contribution in [-0.4, -0.2) is 32.1 Å². The summed E-state index contributed by atoms with van der Waals surface area (Å²) in [7, 11) is -1.52. The van der Waals surface area contributed by atoms with Gasteiger partial charge in [-0.2, -0.15) is 0 Å². The molecule has 0 aliphatic rings. The predicted molar refractivity (Wildman–Crippen MR) is 106 cm³/mol. The van der Waals surface area contributed by atoms with E-state index in [0.717, 1.165) is 15.6 Å². The third-order valence-corrected chi connectivity index (χ3v) is 10.5. The first-order valence-corrected chi connectivity index (χ1v) is 11.6. The minimum absolute atomic E-state index is 1.08. The van der Waals surface area contributed by atoms with E-state index in [0.29, 0.717) is 0 Å². The predicted octanol–water partition coefficient (Wildman–Crippen LogP) is 1.68. The summed E-state index contributed by atoms with van der Waals surface area (Å²) in [4.78, 5) is 0. The second-order valence-corrected chi connectivity index (χ2v) is 11.2. The van der Waals surface area contributed by atoms with E-state index < -0.39 is 17.8 Å². The van der Waals surface area contributed by atoms with Crippen LogP contribution in [0.5, 0.6) is 0 Å². The molecule has 3 aromatic carbocycles. The van der Waals surface area contributed by atoms with Gasteiger partial charge < -0.3 is 13.0 Å². The van der Waals surface area contributed by atoms with E-state index in [9.17, 15) is 0 Å². The molecule has 1 unspecified atom stereocenters. The highest BCUT2D eigenvalue weighted by molar-refractivity contribution is 6.96. The zero-order valence-corrected chi connectivity index (χ0v) is 16.6. The lowest BCUT2D eigenvalue weighted by Crippen LogP contribution is -2.66. The molecule has 0 aliphatic carbocycles. The maximum absolute atomic E-state index is 6.73. The van der Waals surface area contributed by atoms with Crippen LogP contribution in [0.2, 0.25) is 0 Å². The summed E-state index contributed by atoms with van der Waals surface area (Å²) in [6.45, 7) is 0. The van der Waals surface area contributed by atoms with E-state index >= 15 is 0 Å². The SMILES string of the molecule is CO[SiH](O[Si](OC)(c1ccccc1)c1ccccc1)c1ccccc1. The maximum Gasteiger partial charge on any atom is 0.398 e. The topological polar surface area (TPSA) is 27.7 Å². The van der Waals surface area contributed by atoms with Crippen LogP contribution in [0.3, 0.4) is 0 Å².